The third kappa shape index (κ3) is 9.88. The van der Waals surface area contributed by atoms with E-state index in [0.717, 1.165) is 26.0 Å². The average molecular weight is 160 g/mol. The van der Waals surface area contributed by atoms with Crippen molar-refractivity contribution in [2.45, 2.75) is 12.8 Å². The summed E-state index contributed by atoms with van der Waals surface area (Å²) in [7, 11) is 3.52. The predicted octanol–water partition coefficient (Wildman–Crippen LogP) is 0.664. The molecule has 0 aromatic rings. The monoisotopic (exact) mass is 160 g/mol. The zero-order chi connectivity index (χ0) is 8.36. The van der Waals surface area contributed by atoms with E-state index in [1.807, 2.05) is 7.05 Å². The van der Waals surface area contributed by atoms with Crippen LogP contribution in [-0.4, -0.2) is 40.5 Å². The van der Waals surface area contributed by atoms with Crippen LogP contribution < -0.4 is 5.32 Å². The van der Waals surface area contributed by atoms with Gasteiger partial charge < -0.3 is 9.47 Å². The van der Waals surface area contributed by atoms with Crippen LogP contribution in [0.2, 0.25) is 0 Å². The number of rotatable bonds is 8. The lowest BCUT2D eigenvalue weighted by atomic mass is 10.3. The van der Waals surface area contributed by atoms with E-state index in [1.165, 1.54) is 0 Å². The maximum Gasteiger partial charge on any atom is 0.0700 e. The van der Waals surface area contributed by atoms with Crippen LogP contribution in [0.4, 0.5) is 0 Å². The first kappa shape index (κ1) is 10.9. The Kier molecular flexibility index (Phi) is 9.77. The van der Waals surface area contributed by atoms with Crippen LogP contribution >= 0.6 is 0 Å². The Morgan fingerprint density at radius 3 is 2.55 bits per heavy atom. The number of unbranched alkanes of at least 4 members (excludes halogenated alkanes) is 1. The molecule has 0 aromatic carbocycles. The van der Waals surface area contributed by atoms with E-state index in [2.05, 4.69) is 5.32 Å². The molecule has 0 N–H and O–H groups in total. The third-order valence-corrected chi connectivity index (χ3v) is 1.35. The molecular weight excluding hydrogens is 142 g/mol. The molecule has 0 amide bonds. The fraction of sp³-hybridized carbons (Fsp3) is 1.00. The van der Waals surface area contributed by atoms with E-state index in [-0.39, 0.29) is 0 Å². The van der Waals surface area contributed by atoms with E-state index in [9.17, 15) is 0 Å². The molecule has 0 aliphatic rings. The van der Waals surface area contributed by atoms with Crippen LogP contribution in [0.1, 0.15) is 12.8 Å². The second kappa shape index (κ2) is 9.88. The Balaban J connectivity index is 2.69. The molecule has 0 saturated carbocycles. The van der Waals surface area contributed by atoms with Gasteiger partial charge in [-0.25, -0.2) is 5.32 Å². The van der Waals surface area contributed by atoms with Gasteiger partial charge in [0.1, 0.15) is 0 Å². The molecule has 3 nitrogen and oxygen atoms in total. The second-order valence-corrected chi connectivity index (χ2v) is 2.35. The van der Waals surface area contributed by atoms with E-state index in [4.69, 9.17) is 9.47 Å². The standard InChI is InChI=1S/C8H18NO2/c1-9-5-3-4-6-11-8-7-10-2/h3-8H2,1-2H3. The third-order valence-electron chi connectivity index (χ3n) is 1.35. The molecule has 0 fully saturated rings. The van der Waals surface area contributed by atoms with Gasteiger partial charge in [0.05, 0.1) is 13.2 Å². The number of hydrogen-bond donors (Lipinski definition) is 0. The summed E-state index contributed by atoms with van der Waals surface area (Å²) in [6.45, 7) is 3.18. The van der Waals surface area contributed by atoms with Gasteiger partial charge in [-0.1, -0.05) is 0 Å². The van der Waals surface area contributed by atoms with Gasteiger partial charge in [0.15, 0.2) is 0 Å². The smallest absolute Gasteiger partial charge is 0.0700 e. The van der Waals surface area contributed by atoms with Crippen molar-refractivity contribution in [3.63, 3.8) is 0 Å². The normalized spacial score (nSPS) is 10.4. The summed E-state index contributed by atoms with van der Waals surface area (Å²) < 4.78 is 10.1. The molecule has 0 aromatic heterocycles. The van der Waals surface area contributed by atoms with Crippen molar-refractivity contribution in [3.8, 4) is 0 Å². The van der Waals surface area contributed by atoms with Crippen LogP contribution in [0.5, 0.6) is 0 Å². The first-order chi connectivity index (χ1) is 5.41. The van der Waals surface area contributed by atoms with Crippen LogP contribution in [-0.2, 0) is 9.47 Å². The number of nitrogens with zero attached hydrogens (tertiary/aromatic N) is 1. The van der Waals surface area contributed by atoms with Crippen molar-refractivity contribution in [1.82, 2.24) is 5.32 Å². The molecule has 3 heteroatoms. The molecule has 0 aliphatic carbocycles. The summed E-state index contributed by atoms with van der Waals surface area (Å²) in [6, 6.07) is 0. The number of hydrogen-bond acceptors (Lipinski definition) is 2. The van der Waals surface area contributed by atoms with Crippen molar-refractivity contribution in [2.24, 2.45) is 0 Å². The van der Waals surface area contributed by atoms with Crippen molar-refractivity contribution in [2.75, 3.05) is 40.5 Å². The van der Waals surface area contributed by atoms with Crippen LogP contribution in [0.3, 0.4) is 0 Å². The maximum absolute atomic E-state index is 5.25. The van der Waals surface area contributed by atoms with Gasteiger partial charge in [-0.15, -0.1) is 0 Å². The molecule has 0 heterocycles. The molecule has 0 unspecified atom stereocenters. The first-order valence-electron chi connectivity index (χ1n) is 4.04. The Hall–Kier alpha value is -0.120. The lowest BCUT2D eigenvalue weighted by Gasteiger charge is -2.02. The highest BCUT2D eigenvalue weighted by molar-refractivity contribution is 4.41. The van der Waals surface area contributed by atoms with Gasteiger partial charge in [0.2, 0.25) is 0 Å². The topological polar surface area (TPSA) is 32.6 Å². The minimum atomic E-state index is 0.693. The van der Waals surface area contributed by atoms with E-state index >= 15 is 0 Å². The Labute approximate surface area is 69.1 Å². The second-order valence-electron chi connectivity index (χ2n) is 2.35. The Morgan fingerprint density at radius 2 is 1.91 bits per heavy atom. The van der Waals surface area contributed by atoms with Gasteiger partial charge >= 0.3 is 0 Å². The number of methoxy groups -OCH3 is 1. The Bertz CT molecular complexity index is 61.1. The zero-order valence-corrected chi connectivity index (χ0v) is 7.51. The highest BCUT2D eigenvalue weighted by Crippen LogP contribution is 1.88. The number of ether oxygens (including phenoxy) is 2. The van der Waals surface area contributed by atoms with E-state index < -0.39 is 0 Å². The first-order valence-corrected chi connectivity index (χ1v) is 4.04. The molecule has 0 saturated heterocycles. The van der Waals surface area contributed by atoms with Crippen LogP contribution in [0, 0.1) is 0 Å². The van der Waals surface area contributed by atoms with Crippen LogP contribution in [0.15, 0.2) is 0 Å². The van der Waals surface area contributed by atoms with E-state index in [1.54, 1.807) is 7.11 Å². The van der Waals surface area contributed by atoms with Gasteiger partial charge in [-0.05, 0) is 12.8 Å². The van der Waals surface area contributed by atoms with Gasteiger partial charge in [0, 0.05) is 27.3 Å². The minimum Gasteiger partial charge on any atom is -0.382 e. The largest absolute Gasteiger partial charge is 0.382 e. The lowest BCUT2D eigenvalue weighted by molar-refractivity contribution is 0.0688. The molecule has 0 rings (SSSR count). The van der Waals surface area contributed by atoms with Crippen molar-refractivity contribution in [1.29, 1.82) is 0 Å². The van der Waals surface area contributed by atoms with Gasteiger partial charge in [-0.3, -0.25) is 0 Å². The van der Waals surface area contributed by atoms with Crippen molar-refractivity contribution in [3.05, 3.63) is 0 Å². The summed E-state index contributed by atoms with van der Waals surface area (Å²) in [5.74, 6) is 0. The molecule has 0 aliphatic heterocycles. The highest BCUT2D eigenvalue weighted by atomic mass is 16.5. The van der Waals surface area contributed by atoms with Crippen LogP contribution in [0.25, 0.3) is 0 Å². The molecule has 11 heavy (non-hydrogen) atoms. The summed E-state index contributed by atoms with van der Waals surface area (Å²) in [6.07, 6.45) is 2.23. The molecular formula is C8H18NO2. The average Bonchev–Trinajstić information content (AvgIpc) is 2.03. The van der Waals surface area contributed by atoms with E-state index in [0.29, 0.717) is 13.2 Å². The quantitative estimate of drug-likeness (QED) is 0.489. The summed E-state index contributed by atoms with van der Waals surface area (Å²) in [5.41, 5.74) is 0. The Morgan fingerprint density at radius 1 is 1.09 bits per heavy atom. The fourth-order valence-electron chi connectivity index (χ4n) is 0.718. The molecule has 0 bridgehead atoms. The summed E-state index contributed by atoms with van der Waals surface area (Å²) >= 11 is 0. The fourth-order valence-corrected chi connectivity index (χ4v) is 0.718. The summed E-state index contributed by atoms with van der Waals surface area (Å²) in [5, 5.41) is 3.99. The molecule has 67 valence electrons. The zero-order valence-electron chi connectivity index (χ0n) is 7.51. The lowest BCUT2D eigenvalue weighted by Crippen LogP contribution is -2.05. The molecule has 0 spiro atoms. The molecule has 0 atom stereocenters. The van der Waals surface area contributed by atoms with Gasteiger partial charge in [-0.2, -0.15) is 0 Å². The molecule has 1 radical (unpaired) electrons. The van der Waals surface area contributed by atoms with Crippen molar-refractivity contribution < 1.29 is 9.47 Å². The summed E-state index contributed by atoms with van der Waals surface area (Å²) in [4.78, 5) is 0. The highest BCUT2D eigenvalue weighted by Gasteiger charge is 1.88. The predicted molar refractivity (Wildman–Crippen MR) is 44.9 cm³/mol. The SMILES string of the molecule is C[N]CCCCOCCOC. The minimum absolute atomic E-state index is 0.693. The van der Waals surface area contributed by atoms with Gasteiger partial charge in [0.25, 0.3) is 0 Å². The maximum atomic E-state index is 5.25. The van der Waals surface area contributed by atoms with Crippen molar-refractivity contribution >= 4 is 0 Å².